The highest BCUT2D eigenvalue weighted by Crippen LogP contribution is 2.33. The second-order valence-electron chi connectivity index (χ2n) is 3.68. The lowest BCUT2D eigenvalue weighted by molar-refractivity contribution is -0.137. The standard InChI is InChI=1S/C11H13ClF3NO2/c1-18-6-8(17)5-16-10-4-7(11(13,14)15)2-3-9(10)12/h2-4,8,16-17H,5-6H2,1H3. The van der Waals surface area contributed by atoms with E-state index < -0.39 is 17.8 Å². The van der Waals surface area contributed by atoms with Gasteiger partial charge in [-0.2, -0.15) is 13.2 Å². The summed E-state index contributed by atoms with van der Waals surface area (Å²) >= 11 is 5.76. The highest BCUT2D eigenvalue weighted by atomic mass is 35.5. The van der Waals surface area contributed by atoms with E-state index in [0.29, 0.717) is 0 Å². The van der Waals surface area contributed by atoms with Crippen LogP contribution in [0.2, 0.25) is 5.02 Å². The van der Waals surface area contributed by atoms with Crippen molar-refractivity contribution in [2.24, 2.45) is 0 Å². The monoisotopic (exact) mass is 283 g/mol. The quantitative estimate of drug-likeness (QED) is 0.873. The SMILES string of the molecule is COCC(O)CNc1cc(C(F)(F)F)ccc1Cl. The first kappa shape index (κ1) is 15.1. The number of aliphatic hydroxyl groups is 1. The molecule has 102 valence electrons. The average molecular weight is 284 g/mol. The van der Waals surface area contributed by atoms with Crippen molar-refractivity contribution in [1.29, 1.82) is 0 Å². The number of ether oxygens (including phenoxy) is 1. The molecule has 0 spiro atoms. The molecule has 1 aromatic rings. The summed E-state index contributed by atoms with van der Waals surface area (Å²) in [7, 11) is 1.42. The molecule has 0 bridgehead atoms. The van der Waals surface area contributed by atoms with E-state index >= 15 is 0 Å². The van der Waals surface area contributed by atoms with Gasteiger partial charge in [0.25, 0.3) is 0 Å². The van der Waals surface area contributed by atoms with Crippen LogP contribution < -0.4 is 5.32 Å². The van der Waals surface area contributed by atoms with Crippen molar-refractivity contribution in [3.8, 4) is 0 Å². The minimum atomic E-state index is -4.42. The summed E-state index contributed by atoms with van der Waals surface area (Å²) in [6.07, 6.45) is -5.24. The lowest BCUT2D eigenvalue weighted by Gasteiger charge is -2.14. The second kappa shape index (κ2) is 6.26. The van der Waals surface area contributed by atoms with Gasteiger partial charge in [-0.25, -0.2) is 0 Å². The van der Waals surface area contributed by atoms with Crippen LogP contribution in [0.5, 0.6) is 0 Å². The zero-order valence-electron chi connectivity index (χ0n) is 9.59. The predicted molar refractivity (Wildman–Crippen MR) is 62.8 cm³/mol. The van der Waals surface area contributed by atoms with Crippen molar-refractivity contribution >= 4 is 17.3 Å². The molecule has 0 radical (unpaired) electrons. The minimum absolute atomic E-state index is 0.0505. The topological polar surface area (TPSA) is 41.5 Å². The van der Waals surface area contributed by atoms with Gasteiger partial charge in [-0.05, 0) is 18.2 Å². The molecule has 0 aliphatic rings. The summed E-state index contributed by atoms with van der Waals surface area (Å²) in [5.74, 6) is 0. The first-order chi connectivity index (χ1) is 8.34. The Balaban J connectivity index is 2.76. The third kappa shape index (κ3) is 4.36. The van der Waals surface area contributed by atoms with E-state index in [2.05, 4.69) is 5.32 Å². The lowest BCUT2D eigenvalue weighted by atomic mass is 10.2. The number of aliphatic hydroxyl groups excluding tert-OH is 1. The fraction of sp³-hybridized carbons (Fsp3) is 0.455. The maximum atomic E-state index is 12.5. The van der Waals surface area contributed by atoms with E-state index in [-0.39, 0.29) is 23.9 Å². The lowest BCUT2D eigenvalue weighted by Crippen LogP contribution is -2.24. The summed E-state index contributed by atoms with van der Waals surface area (Å²) in [6.45, 7) is 0.137. The number of halogens is 4. The largest absolute Gasteiger partial charge is 0.416 e. The van der Waals surface area contributed by atoms with Crippen LogP contribution in [0.4, 0.5) is 18.9 Å². The molecule has 3 nitrogen and oxygen atoms in total. The maximum Gasteiger partial charge on any atom is 0.416 e. The van der Waals surface area contributed by atoms with Crippen molar-refractivity contribution in [2.45, 2.75) is 12.3 Å². The van der Waals surface area contributed by atoms with E-state index in [4.69, 9.17) is 16.3 Å². The third-order valence-electron chi connectivity index (χ3n) is 2.18. The van der Waals surface area contributed by atoms with Crippen LogP contribution in [-0.2, 0) is 10.9 Å². The molecule has 0 saturated carbocycles. The molecule has 0 aliphatic heterocycles. The number of methoxy groups -OCH3 is 1. The van der Waals surface area contributed by atoms with Gasteiger partial charge in [-0.1, -0.05) is 11.6 Å². The van der Waals surface area contributed by atoms with E-state index in [0.717, 1.165) is 18.2 Å². The Kier molecular flexibility index (Phi) is 5.25. The number of benzene rings is 1. The van der Waals surface area contributed by atoms with E-state index in [1.165, 1.54) is 7.11 Å². The first-order valence-corrected chi connectivity index (χ1v) is 5.50. The Morgan fingerprint density at radius 1 is 1.44 bits per heavy atom. The van der Waals surface area contributed by atoms with E-state index in [9.17, 15) is 18.3 Å². The number of alkyl halides is 3. The van der Waals surface area contributed by atoms with Gasteiger partial charge in [-0.3, -0.25) is 0 Å². The highest BCUT2D eigenvalue weighted by Gasteiger charge is 2.30. The van der Waals surface area contributed by atoms with Gasteiger partial charge in [0, 0.05) is 13.7 Å². The molecule has 0 saturated heterocycles. The molecule has 0 aromatic heterocycles. The Morgan fingerprint density at radius 2 is 2.11 bits per heavy atom. The predicted octanol–water partition coefficient (Wildman–Crippen LogP) is 2.78. The van der Waals surface area contributed by atoms with E-state index in [1.807, 2.05) is 0 Å². The number of hydrogen-bond acceptors (Lipinski definition) is 3. The molecular weight excluding hydrogens is 271 g/mol. The van der Waals surface area contributed by atoms with Crippen LogP contribution in [0.15, 0.2) is 18.2 Å². The van der Waals surface area contributed by atoms with Crippen LogP contribution >= 0.6 is 11.6 Å². The van der Waals surface area contributed by atoms with Crippen molar-refractivity contribution in [3.63, 3.8) is 0 Å². The molecule has 0 heterocycles. The molecule has 18 heavy (non-hydrogen) atoms. The molecule has 7 heteroatoms. The van der Waals surface area contributed by atoms with Crippen molar-refractivity contribution in [2.75, 3.05) is 25.6 Å². The van der Waals surface area contributed by atoms with E-state index in [1.54, 1.807) is 0 Å². The average Bonchev–Trinajstić information content (AvgIpc) is 2.26. The van der Waals surface area contributed by atoms with Crippen molar-refractivity contribution in [1.82, 2.24) is 0 Å². The summed E-state index contributed by atoms with van der Waals surface area (Å²) in [5, 5.41) is 12.2. The Morgan fingerprint density at radius 3 is 2.67 bits per heavy atom. The van der Waals surface area contributed by atoms with Crippen LogP contribution in [0.3, 0.4) is 0 Å². The van der Waals surface area contributed by atoms with Crippen LogP contribution in [0.25, 0.3) is 0 Å². The normalized spacial score (nSPS) is 13.4. The maximum absolute atomic E-state index is 12.5. The van der Waals surface area contributed by atoms with Gasteiger partial charge >= 0.3 is 6.18 Å². The molecule has 1 atom stereocenters. The molecule has 2 N–H and O–H groups in total. The third-order valence-corrected chi connectivity index (χ3v) is 2.51. The molecule has 0 fully saturated rings. The summed E-state index contributed by atoms with van der Waals surface area (Å²) in [4.78, 5) is 0. The Labute approximate surface area is 108 Å². The molecule has 1 unspecified atom stereocenters. The fourth-order valence-electron chi connectivity index (χ4n) is 1.32. The van der Waals surface area contributed by atoms with Crippen LogP contribution in [0, 0.1) is 0 Å². The molecule has 1 rings (SSSR count). The Hall–Kier alpha value is -0.980. The first-order valence-electron chi connectivity index (χ1n) is 5.12. The number of hydrogen-bond donors (Lipinski definition) is 2. The van der Waals surface area contributed by atoms with Crippen LogP contribution in [0.1, 0.15) is 5.56 Å². The zero-order valence-corrected chi connectivity index (χ0v) is 10.3. The van der Waals surface area contributed by atoms with Crippen molar-refractivity contribution in [3.05, 3.63) is 28.8 Å². The van der Waals surface area contributed by atoms with Gasteiger partial charge < -0.3 is 15.2 Å². The highest BCUT2D eigenvalue weighted by molar-refractivity contribution is 6.33. The smallest absolute Gasteiger partial charge is 0.389 e. The number of rotatable bonds is 5. The number of nitrogens with one attached hydrogen (secondary N) is 1. The van der Waals surface area contributed by atoms with Crippen molar-refractivity contribution < 1.29 is 23.0 Å². The second-order valence-corrected chi connectivity index (χ2v) is 4.09. The molecule has 0 amide bonds. The van der Waals surface area contributed by atoms with Gasteiger partial charge in [-0.15, -0.1) is 0 Å². The molecule has 0 aliphatic carbocycles. The fourth-order valence-corrected chi connectivity index (χ4v) is 1.50. The minimum Gasteiger partial charge on any atom is -0.389 e. The number of anilines is 1. The zero-order chi connectivity index (χ0) is 13.8. The van der Waals surface area contributed by atoms with Gasteiger partial charge in [0.2, 0.25) is 0 Å². The van der Waals surface area contributed by atoms with Crippen LogP contribution in [-0.4, -0.2) is 31.5 Å². The molecular formula is C11H13ClF3NO2. The summed E-state index contributed by atoms with van der Waals surface area (Å²) < 4.78 is 42.1. The van der Waals surface area contributed by atoms with Gasteiger partial charge in [0.1, 0.15) is 0 Å². The van der Waals surface area contributed by atoms with Gasteiger partial charge in [0.05, 0.1) is 29.0 Å². The summed E-state index contributed by atoms with van der Waals surface area (Å²) in [6, 6.07) is 2.97. The Bertz CT molecular complexity index is 398. The summed E-state index contributed by atoms with van der Waals surface area (Å²) in [5.41, 5.74) is -0.669. The molecule has 1 aromatic carbocycles. The van der Waals surface area contributed by atoms with Gasteiger partial charge in [0.15, 0.2) is 0 Å².